The van der Waals surface area contributed by atoms with Crippen LogP contribution in [0.2, 0.25) is 0 Å². The van der Waals surface area contributed by atoms with Gasteiger partial charge < -0.3 is 20.2 Å². The molecule has 0 unspecified atom stereocenters. The van der Waals surface area contributed by atoms with Crippen LogP contribution >= 0.6 is 0 Å². The molecule has 92 valence electrons. The summed E-state index contributed by atoms with van der Waals surface area (Å²) >= 11 is 0. The first-order valence-corrected chi connectivity index (χ1v) is 5.50. The lowest BCUT2D eigenvalue weighted by molar-refractivity contribution is 0.286. The lowest BCUT2D eigenvalue weighted by Crippen LogP contribution is -2.12. The zero-order valence-electron chi connectivity index (χ0n) is 9.43. The number of unbranched alkanes of at least 4 members (excludes halogenated alkanes) is 1. The summed E-state index contributed by atoms with van der Waals surface area (Å²) in [5.41, 5.74) is 3.27. The summed E-state index contributed by atoms with van der Waals surface area (Å²) in [7, 11) is 0. The second kappa shape index (κ2) is 5.46. The van der Waals surface area contributed by atoms with Crippen molar-refractivity contribution < 1.29 is 5.11 Å². The highest BCUT2D eigenvalue weighted by atomic mass is 16.2. The van der Waals surface area contributed by atoms with Crippen LogP contribution in [-0.2, 0) is 0 Å². The van der Waals surface area contributed by atoms with Gasteiger partial charge in [-0.3, -0.25) is 0 Å². The molecule has 2 rings (SSSR count). The number of nitrogens with zero attached hydrogens (tertiary/aromatic N) is 3. The van der Waals surface area contributed by atoms with Crippen molar-refractivity contribution in [3.63, 3.8) is 0 Å². The summed E-state index contributed by atoms with van der Waals surface area (Å²) in [4.78, 5) is 8.51. The molecule has 0 aliphatic rings. The van der Waals surface area contributed by atoms with Crippen LogP contribution in [0.3, 0.4) is 0 Å². The largest absolute Gasteiger partial charge is 0.396 e. The van der Waals surface area contributed by atoms with Gasteiger partial charge in [0.15, 0.2) is 17.3 Å². The minimum Gasteiger partial charge on any atom is -0.396 e. The Labute approximate surface area is 98.7 Å². The molecular formula is C10H16N6O. The number of hydrogen-bond donors (Lipinski definition) is 4. The Bertz CT molecular complexity index is 483. The molecule has 2 heterocycles. The third kappa shape index (κ3) is 2.63. The van der Waals surface area contributed by atoms with Crippen molar-refractivity contribution in [3.8, 4) is 0 Å². The second-order valence-electron chi connectivity index (χ2n) is 3.63. The minimum atomic E-state index is 0.207. The van der Waals surface area contributed by atoms with Crippen LogP contribution in [0.1, 0.15) is 12.8 Å². The molecule has 0 aliphatic heterocycles. The summed E-state index contributed by atoms with van der Waals surface area (Å²) < 4.78 is 1.84. The van der Waals surface area contributed by atoms with Crippen LogP contribution in [0.5, 0.6) is 0 Å². The van der Waals surface area contributed by atoms with E-state index < -0.39 is 0 Å². The highest BCUT2D eigenvalue weighted by Crippen LogP contribution is 2.15. The van der Waals surface area contributed by atoms with Gasteiger partial charge in [0, 0.05) is 25.5 Å². The van der Waals surface area contributed by atoms with Crippen LogP contribution in [-0.4, -0.2) is 32.6 Å². The van der Waals surface area contributed by atoms with E-state index in [-0.39, 0.29) is 6.61 Å². The van der Waals surface area contributed by atoms with Crippen LogP contribution < -0.4 is 16.6 Å². The average molecular weight is 236 g/mol. The molecule has 7 heteroatoms. The fraction of sp³-hybridized carbons (Fsp3) is 0.400. The Balaban J connectivity index is 2.16. The molecule has 0 radical (unpaired) electrons. The fourth-order valence-electron chi connectivity index (χ4n) is 1.56. The number of fused-ring (bicyclic) bond motifs is 1. The molecular weight excluding hydrogens is 220 g/mol. The maximum Gasteiger partial charge on any atom is 0.180 e. The topological polar surface area (TPSA) is 100 Å². The molecule has 0 bridgehead atoms. The standard InChI is InChI=1S/C10H16N6O/c11-15-8-7-16-5-4-13-10(16)9(14-8)12-3-1-2-6-17/h4-5,7,15,17H,1-3,6,11H2,(H,12,14). The van der Waals surface area contributed by atoms with Gasteiger partial charge in [-0.15, -0.1) is 0 Å². The fourth-order valence-corrected chi connectivity index (χ4v) is 1.56. The Morgan fingerprint density at radius 2 is 2.29 bits per heavy atom. The number of aromatic nitrogens is 3. The van der Waals surface area contributed by atoms with Gasteiger partial charge in [-0.1, -0.05) is 0 Å². The number of nitrogen functional groups attached to an aromatic ring is 1. The predicted molar refractivity (Wildman–Crippen MR) is 65.6 cm³/mol. The monoisotopic (exact) mass is 236 g/mol. The highest BCUT2D eigenvalue weighted by Gasteiger charge is 2.05. The summed E-state index contributed by atoms with van der Waals surface area (Å²) in [6, 6.07) is 0. The first-order valence-electron chi connectivity index (χ1n) is 5.50. The van der Waals surface area contributed by atoms with Gasteiger partial charge in [0.05, 0.1) is 6.20 Å². The molecule has 0 saturated carbocycles. The normalized spacial score (nSPS) is 10.7. The first kappa shape index (κ1) is 11.6. The Hall–Kier alpha value is -1.86. The lowest BCUT2D eigenvalue weighted by atomic mass is 10.3. The molecule has 17 heavy (non-hydrogen) atoms. The van der Waals surface area contributed by atoms with E-state index >= 15 is 0 Å². The predicted octanol–water partition coefficient (Wildman–Crippen LogP) is 0.199. The highest BCUT2D eigenvalue weighted by molar-refractivity contribution is 5.65. The minimum absolute atomic E-state index is 0.207. The zero-order valence-corrected chi connectivity index (χ0v) is 9.43. The van der Waals surface area contributed by atoms with Crippen LogP contribution in [0, 0.1) is 0 Å². The maximum absolute atomic E-state index is 8.70. The number of hydrazine groups is 1. The van der Waals surface area contributed by atoms with Crippen molar-refractivity contribution in [3.05, 3.63) is 18.6 Å². The molecule has 0 saturated heterocycles. The SMILES string of the molecule is NNc1cn2ccnc2c(NCCCCO)n1. The number of imidazole rings is 1. The van der Waals surface area contributed by atoms with Gasteiger partial charge in [0.1, 0.15) is 0 Å². The number of rotatable bonds is 6. The molecule has 0 fully saturated rings. The molecule has 0 atom stereocenters. The number of hydrogen-bond acceptors (Lipinski definition) is 6. The maximum atomic E-state index is 8.70. The molecule has 0 aromatic carbocycles. The van der Waals surface area contributed by atoms with E-state index in [1.54, 1.807) is 12.4 Å². The van der Waals surface area contributed by atoms with Gasteiger partial charge in [-0.25, -0.2) is 15.8 Å². The van der Waals surface area contributed by atoms with Crippen molar-refractivity contribution in [2.75, 3.05) is 23.9 Å². The molecule has 5 N–H and O–H groups in total. The van der Waals surface area contributed by atoms with Crippen molar-refractivity contribution in [1.29, 1.82) is 0 Å². The van der Waals surface area contributed by atoms with Crippen LogP contribution in [0.25, 0.3) is 5.65 Å². The number of nitrogens with two attached hydrogens (primary N) is 1. The summed E-state index contributed by atoms with van der Waals surface area (Å²) in [5.74, 6) is 6.60. The van der Waals surface area contributed by atoms with Crippen molar-refractivity contribution in [1.82, 2.24) is 14.4 Å². The van der Waals surface area contributed by atoms with Gasteiger partial charge >= 0.3 is 0 Å². The van der Waals surface area contributed by atoms with Crippen molar-refractivity contribution >= 4 is 17.3 Å². The zero-order chi connectivity index (χ0) is 12.1. The molecule has 0 spiro atoms. The van der Waals surface area contributed by atoms with E-state index in [4.69, 9.17) is 10.9 Å². The quantitative estimate of drug-likeness (QED) is 0.325. The summed E-state index contributed by atoms with van der Waals surface area (Å²) in [5, 5.41) is 11.9. The smallest absolute Gasteiger partial charge is 0.180 e. The number of aliphatic hydroxyl groups is 1. The molecule has 7 nitrogen and oxygen atoms in total. The van der Waals surface area contributed by atoms with E-state index in [0.717, 1.165) is 25.0 Å². The van der Waals surface area contributed by atoms with E-state index in [1.807, 2.05) is 10.6 Å². The van der Waals surface area contributed by atoms with E-state index in [9.17, 15) is 0 Å². The number of aliphatic hydroxyl groups excluding tert-OH is 1. The van der Waals surface area contributed by atoms with E-state index in [2.05, 4.69) is 20.7 Å². The number of anilines is 2. The van der Waals surface area contributed by atoms with Crippen molar-refractivity contribution in [2.45, 2.75) is 12.8 Å². The van der Waals surface area contributed by atoms with E-state index in [0.29, 0.717) is 11.6 Å². The molecule has 0 amide bonds. The summed E-state index contributed by atoms with van der Waals surface area (Å²) in [6.07, 6.45) is 6.95. The third-order valence-electron chi connectivity index (χ3n) is 2.40. The Morgan fingerprint density at radius 3 is 3.06 bits per heavy atom. The van der Waals surface area contributed by atoms with Crippen LogP contribution in [0.4, 0.5) is 11.6 Å². The van der Waals surface area contributed by atoms with Gasteiger partial charge in [-0.05, 0) is 12.8 Å². The third-order valence-corrected chi connectivity index (χ3v) is 2.40. The van der Waals surface area contributed by atoms with Gasteiger partial charge in [0.25, 0.3) is 0 Å². The second-order valence-corrected chi connectivity index (χ2v) is 3.63. The van der Waals surface area contributed by atoms with Crippen molar-refractivity contribution in [2.24, 2.45) is 5.84 Å². The van der Waals surface area contributed by atoms with Crippen LogP contribution in [0.15, 0.2) is 18.6 Å². The Morgan fingerprint density at radius 1 is 1.41 bits per heavy atom. The lowest BCUT2D eigenvalue weighted by Gasteiger charge is -2.08. The number of nitrogens with one attached hydrogen (secondary N) is 2. The van der Waals surface area contributed by atoms with Gasteiger partial charge in [0.2, 0.25) is 0 Å². The molecule has 2 aromatic heterocycles. The average Bonchev–Trinajstić information content (AvgIpc) is 2.82. The van der Waals surface area contributed by atoms with Gasteiger partial charge in [-0.2, -0.15) is 0 Å². The summed E-state index contributed by atoms with van der Waals surface area (Å²) in [6.45, 7) is 0.947. The molecule has 0 aliphatic carbocycles. The Kier molecular flexibility index (Phi) is 3.73. The first-order chi connectivity index (χ1) is 8.35. The van der Waals surface area contributed by atoms with E-state index in [1.165, 1.54) is 0 Å². The molecule has 2 aromatic rings.